The van der Waals surface area contributed by atoms with E-state index in [1.165, 1.54) is 11.1 Å². The van der Waals surface area contributed by atoms with Gasteiger partial charge in [-0.2, -0.15) is 18.2 Å². The summed E-state index contributed by atoms with van der Waals surface area (Å²) in [4.78, 5) is 11.7. The third kappa shape index (κ3) is 3.67. The Kier molecular flexibility index (Phi) is 4.53. The van der Waals surface area contributed by atoms with Gasteiger partial charge < -0.3 is 15.8 Å². The van der Waals surface area contributed by atoms with E-state index in [4.69, 9.17) is 10.5 Å². The molecule has 2 aliphatic rings. The number of fused-ring (bicyclic) bond motifs is 2. The van der Waals surface area contributed by atoms with Crippen LogP contribution in [0.15, 0.2) is 59.7 Å². The molecule has 0 radical (unpaired) electrons. The number of nitrogens with two attached hydrogens (primary N) is 1. The molecule has 0 saturated heterocycles. The standard InChI is InChI=1S/C22H18F3N5O/c23-22(24,25)18-9-10-27-21(30-18)28-13-6-8-17-16(11-13)19(31-20(26)29-17)15-7-5-12-3-1-2-4-14(12)15/h1-4,6,8-11,15,19H,5,7H2,(H2,26,29)(H,27,28,30)/t15?,19-/m1/s1. The highest BCUT2D eigenvalue weighted by atomic mass is 19.4. The summed E-state index contributed by atoms with van der Waals surface area (Å²) >= 11 is 0. The van der Waals surface area contributed by atoms with E-state index in [0.717, 1.165) is 30.7 Å². The first-order valence-electron chi connectivity index (χ1n) is 9.78. The number of anilines is 2. The number of aromatic nitrogens is 2. The molecule has 9 heteroatoms. The number of halogens is 3. The Morgan fingerprint density at radius 3 is 2.74 bits per heavy atom. The van der Waals surface area contributed by atoms with Crippen molar-refractivity contribution in [1.29, 1.82) is 0 Å². The SMILES string of the molecule is NC1=Nc2ccc(Nc3nccc(C(F)(F)F)n3)cc2[C@@H](C2CCc3ccccc32)O1. The van der Waals surface area contributed by atoms with Gasteiger partial charge in [0.2, 0.25) is 5.95 Å². The lowest BCUT2D eigenvalue weighted by molar-refractivity contribution is -0.141. The highest BCUT2D eigenvalue weighted by Crippen LogP contribution is 2.48. The molecule has 158 valence electrons. The molecule has 3 N–H and O–H groups in total. The Morgan fingerprint density at radius 1 is 1.06 bits per heavy atom. The molecular formula is C22H18F3N5O. The van der Waals surface area contributed by atoms with Crippen LogP contribution in [0.4, 0.5) is 30.5 Å². The molecule has 1 unspecified atom stereocenters. The average Bonchev–Trinajstić information content (AvgIpc) is 3.17. The second kappa shape index (κ2) is 7.26. The normalized spacial score (nSPS) is 19.8. The van der Waals surface area contributed by atoms with E-state index in [2.05, 4.69) is 32.4 Å². The van der Waals surface area contributed by atoms with Gasteiger partial charge in [-0.1, -0.05) is 24.3 Å². The van der Waals surface area contributed by atoms with Crippen molar-refractivity contribution in [3.05, 3.63) is 77.1 Å². The number of aryl methyl sites for hydroxylation is 1. The summed E-state index contributed by atoms with van der Waals surface area (Å²) in [6.07, 6.45) is -1.96. The van der Waals surface area contributed by atoms with E-state index in [1.54, 1.807) is 18.2 Å². The number of ether oxygens (including phenoxy) is 1. The first kappa shape index (κ1) is 19.3. The van der Waals surface area contributed by atoms with Gasteiger partial charge in [0.1, 0.15) is 11.8 Å². The van der Waals surface area contributed by atoms with Gasteiger partial charge in [-0.3, -0.25) is 0 Å². The fourth-order valence-electron chi connectivity index (χ4n) is 4.21. The number of nitrogens with one attached hydrogen (secondary N) is 1. The molecule has 0 fully saturated rings. The van der Waals surface area contributed by atoms with Crippen LogP contribution in [-0.2, 0) is 17.3 Å². The zero-order valence-electron chi connectivity index (χ0n) is 16.2. The summed E-state index contributed by atoms with van der Waals surface area (Å²) in [6.45, 7) is 0. The summed E-state index contributed by atoms with van der Waals surface area (Å²) in [5, 5.41) is 2.85. The van der Waals surface area contributed by atoms with Gasteiger partial charge in [0.05, 0.1) is 5.69 Å². The lowest BCUT2D eigenvalue weighted by Gasteiger charge is -2.30. The Bertz CT molecular complexity index is 1180. The van der Waals surface area contributed by atoms with Crippen LogP contribution in [0.5, 0.6) is 0 Å². The molecule has 6 nitrogen and oxygen atoms in total. The maximum absolute atomic E-state index is 13.0. The molecule has 1 aliphatic carbocycles. The number of amidine groups is 1. The van der Waals surface area contributed by atoms with Crippen molar-refractivity contribution in [3.63, 3.8) is 0 Å². The van der Waals surface area contributed by atoms with E-state index >= 15 is 0 Å². The predicted octanol–water partition coefficient (Wildman–Crippen LogP) is 4.99. The maximum atomic E-state index is 13.0. The Balaban J connectivity index is 1.49. The molecule has 1 aliphatic heterocycles. The highest BCUT2D eigenvalue weighted by molar-refractivity contribution is 5.79. The van der Waals surface area contributed by atoms with Crippen LogP contribution in [0.2, 0.25) is 0 Å². The van der Waals surface area contributed by atoms with E-state index < -0.39 is 11.9 Å². The summed E-state index contributed by atoms with van der Waals surface area (Å²) in [6, 6.07) is 14.4. The largest absolute Gasteiger partial charge is 0.456 e. The van der Waals surface area contributed by atoms with E-state index in [0.29, 0.717) is 11.4 Å². The monoisotopic (exact) mass is 425 g/mol. The third-order valence-corrected chi connectivity index (χ3v) is 5.56. The third-order valence-electron chi connectivity index (χ3n) is 5.56. The molecular weight excluding hydrogens is 407 g/mol. The molecule has 2 atom stereocenters. The first-order chi connectivity index (χ1) is 14.9. The van der Waals surface area contributed by atoms with E-state index in [-0.39, 0.29) is 24.0 Å². The number of aliphatic imine (C=N–C) groups is 1. The first-order valence-corrected chi connectivity index (χ1v) is 9.78. The van der Waals surface area contributed by atoms with Crippen LogP contribution >= 0.6 is 0 Å². The van der Waals surface area contributed by atoms with Crippen molar-refractivity contribution in [2.24, 2.45) is 10.7 Å². The van der Waals surface area contributed by atoms with E-state index in [1.807, 2.05) is 12.1 Å². The molecule has 5 rings (SSSR count). The summed E-state index contributed by atoms with van der Waals surface area (Å²) in [5.41, 5.74) is 9.44. The summed E-state index contributed by atoms with van der Waals surface area (Å²) in [5.74, 6) is -0.0404. The smallest absolute Gasteiger partial charge is 0.433 e. The molecule has 2 aromatic carbocycles. The van der Waals surface area contributed by atoms with Gasteiger partial charge in [0, 0.05) is 23.4 Å². The minimum Gasteiger partial charge on any atom is -0.456 e. The molecule has 0 bridgehead atoms. The molecule has 31 heavy (non-hydrogen) atoms. The number of benzene rings is 2. The van der Waals surface area contributed by atoms with Gasteiger partial charge in [-0.25, -0.2) is 9.97 Å². The Labute approximate surface area is 176 Å². The minimum absolute atomic E-state index is 0.101. The van der Waals surface area contributed by atoms with Crippen LogP contribution in [0.1, 0.15) is 40.8 Å². The second-order valence-corrected chi connectivity index (χ2v) is 7.49. The maximum Gasteiger partial charge on any atom is 0.433 e. The number of rotatable bonds is 3. The minimum atomic E-state index is -4.55. The Hall–Kier alpha value is -3.62. The number of hydrogen-bond donors (Lipinski definition) is 2. The molecule has 3 aromatic rings. The second-order valence-electron chi connectivity index (χ2n) is 7.49. The van der Waals surface area contributed by atoms with Crippen LogP contribution in [0.3, 0.4) is 0 Å². The van der Waals surface area contributed by atoms with Gasteiger partial charge >= 0.3 is 6.18 Å². The molecule has 0 saturated carbocycles. The van der Waals surface area contributed by atoms with Gasteiger partial charge in [0.25, 0.3) is 6.02 Å². The van der Waals surface area contributed by atoms with Crippen LogP contribution < -0.4 is 11.1 Å². The molecule has 2 heterocycles. The number of nitrogens with zero attached hydrogens (tertiary/aromatic N) is 3. The van der Waals surface area contributed by atoms with E-state index in [9.17, 15) is 13.2 Å². The lowest BCUT2D eigenvalue weighted by atomic mass is 9.89. The molecule has 0 spiro atoms. The zero-order valence-corrected chi connectivity index (χ0v) is 16.2. The van der Waals surface area contributed by atoms with Crippen molar-refractivity contribution in [3.8, 4) is 0 Å². The summed E-state index contributed by atoms with van der Waals surface area (Å²) in [7, 11) is 0. The van der Waals surface area contributed by atoms with Crippen LogP contribution in [0.25, 0.3) is 0 Å². The predicted molar refractivity (Wildman–Crippen MR) is 109 cm³/mol. The van der Waals surface area contributed by atoms with Crippen molar-refractivity contribution in [2.75, 3.05) is 5.32 Å². The average molecular weight is 425 g/mol. The fourth-order valence-corrected chi connectivity index (χ4v) is 4.21. The lowest BCUT2D eigenvalue weighted by Crippen LogP contribution is -2.26. The van der Waals surface area contributed by atoms with Crippen LogP contribution in [-0.4, -0.2) is 16.0 Å². The Morgan fingerprint density at radius 2 is 1.90 bits per heavy atom. The molecule has 0 amide bonds. The summed E-state index contributed by atoms with van der Waals surface area (Å²) < 4.78 is 44.8. The number of hydrogen-bond acceptors (Lipinski definition) is 6. The van der Waals surface area contributed by atoms with Crippen molar-refractivity contribution >= 4 is 23.3 Å². The highest BCUT2D eigenvalue weighted by Gasteiger charge is 2.36. The molecule has 1 aromatic heterocycles. The van der Waals surface area contributed by atoms with Gasteiger partial charge in [-0.15, -0.1) is 0 Å². The van der Waals surface area contributed by atoms with Gasteiger partial charge in [0.15, 0.2) is 0 Å². The van der Waals surface area contributed by atoms with Crippen LogP contribution in [0, 0.1) is 0 Å². The van der Waals surface area contributed by atoms with Gasteiger partial charge in [-0.05, 0) is 48.2 Å². The van der Waals surface area contributed by atoms with Crippen molar-refractivity contribution < 1.29 is 17.9 Å². The number of alkyl halides is 3. The van der Waals surface area contributed by atoms with Crippen molar-refractivity contribution in [2.45, 2.75) is 31.0 Å². The quantitative estimate of drug-likeness (QED) is 0.618. The zero-order chi connectivity index (χ0) is 21.6. The fraction of sp³-hybridized carbons (Fsp3) is 0.227. The van der Waals surface area contributed by atoms with Crippen molar-refractivity contribution in [1.82, 2.24) is 9.97 Å². The topological polar surface area (TPSA) is 85.4 Å².